The second kappa shape index (κ2) is 9.38. The monoisotopic (exact) mass is 490 g/mol. The molecule has 9 heteroatoms. The maximum absolute atomic E-state index is 13.3. The molecule has 1 fully saturated rings. The standard InChI is InChI=1S/C25H25F3N2O3S/c1-29(17-21-8-4-5-9-23(21)25(26,27)28)24(31)19-12-14-30(15-13-19)34(32,33)22-11-10-18-6-2-3-7-20(18)16-22/h2-11,16,19H,12-15,17H2,1H3. The molecule has 0 unspecified atom stereocenters. The molecule has 0 spiro atoms. The summed E-state index contributed by atoms with van der Waals surface area (Å²) in [5, 5.41) is 1.77. The first-order chi connectivity index (χ1) is 16.1. The van der Waals surface area contributed by atoms with Crippen molar-refractivity contribution in [1.29, 1.82) is 0 Å². The third-order valence-electron chi connectivity index (χ3n) is 6.27. The van der Waals surface area contributed by atoms with E-state index in [1.165, 1.54) is 34.5 Å². The number of sulfonamides is 1. The molecule has 5 nitrogen and oxygen atoms in total. The van der Waals surface area contributed by atoms with E-state index in [1.54, 1.807) is 18.2 Å². The Hall–Kier alpha value is -2.91. The minimum absolute atomic E-state index is 0.0298. The van der Waals surface area contributed by atoms with E-state index >= 15 is 0 Å². The zero-order valence-electron chi connectivity index (χ0n) is 18.6. The van der Waals surface area contributed by atoms with Crippen molar-refractivity contribution in [1.82, 2.24) is 9.21 Å². The lowest BCUT2D eigenvalue weighted by Crippen LogP contribution is -2.43. The van der Waals surface area contributed by atoms with Gasteiger partial charge in [-0.3, -0.25) is 4.79 Å². The van der Waals surface area contributed by atoms with E-state index in [1.807, 2.05) is 24.3 Å². The van der Waals surface area contributed by atoms with Crippen LogP contribution in [0.1, 0.15) is 24.0 Å². The Labute approximate surface area is 196 Å². The number of alkyl halides is 3. The Morgan fingerprint density at radius 2 is 1.59 bits per heavy atom. The summed E-state index contributed by atoms with van der Waals surface area (Å²) in [7, 11) is -2.23. The highest BCUT2D eigenvalue weighted by molar-refractivity contribution is 7.89. The molecule has 1 amide bonds. The van der Waals surface area contributed by atoms with Crippen LogP contribution in [-0.2, 0) is 27.5 Å². The van der Waals surface area contributed by atoms with Crippen LogP contribution in [0.15, 0.2) is 71.6 Å². The fraction of sp³-hybridized carbons (Fsp3) is 0.320. The number of nitrogens with zero attached hydrogens (tertiary/aromatic N) is 2. The van der Waals surface area contributed by atoms with Gasteiger partial charge in [0.1, 0.15) is 0 Å². The van der Waals surface area contributed by atoms with E-state index in [0.717, 1.165) is 16.8 Å². The highest BCUT2D eigenvalue weighted by atomic mass is 32.2. The minimum atomic E-state index is -4.50. The van der Waals surface area contributed by atoms with Crippen LogP contribution in [0, 0.1) is 5.92 Å². The van der Waals surface area contributed by atoms with Crippen molar-refractivity contribution in [3.8, 4) is 0 Å². The summed E-state index contributed by atoms with van der Waals surface area (Å²) in [4.78, 5) is 14.4. The summed E-state index contributed by atoms with van der Waals surface area (Å²) < 4.78 is 67.5. The van der Waals surface area contributed by atoms with E-state index in [4.69, 9.17) is 0 Å². The molecule has 0 atom stereocenters. The van der Waals surface area contributed by atoms with Gasteiger partial charge < -0.3 is 4.90 Å². The van der Waals surface area contributed by atoms with Crippen LogP contribution in [0.5, 0.6) is 0 Å². The summed E-state index contributed by atoms with van der Waals surface area (Å²) in [6.07, 6.45) is -3.86. The van der Waals surface area contributed by atoms with Crippen molar-refractivity contribution in [2.45, 2.75) is 30.5 Å². The Morgan fingerprint density at radius 3 is 2.26 bits per heavy atom. The molecule has 4 rings (SSSR count). The average Bonchev–Trinajstić information content (AvgIpc) is 2.83. The van der Waals surface area contributed by atoms with E-state index in [9.17, 15) is 26.4 Å². The first kappa shape index (κ1) is 24.2. The van der Waals surface area contributed by atoms with E-state index in [-0.39, 0.29) is 36.0 Å². The van der Waals surface area contributed by atoms with Crippen LogP contribution in [-0.4, -0.2) is 43.7 Å². The van der Waals surface area contributed by atoms with Gasteiger partial charge in [-0.1, -0.05) is 48.5 Å². The van der Waals surface area contributed by atoms with Gasteiger partial charge in [0.2, 0.25) is 15.9 Å². The molecule has 1 heterocycles. The first-order valence-electron chi connectivity index (χ1n) is 11.0. The molecule has 0 radical (unpaired) electrons. The van der Waals surface area contributed by atoms with Gasteiger partial charge in [0.25, 0.3) is 0 Å². The summed E-state index contributed by atoms with van der Waals surface area (Å²) in [5.41, 5.74) is -0.729. The zero-order chi connectivity index (χ0) is 24.5. The molecule has 3 aromatic rings. The van der Waals surface area contributed by atoms with Crippen LogP contribution in [0.25, 0.3) is 10.8 Å². The predicted octanol–water partition coefficient (Wildman–Crippen LogP) is 4.92. The molecule has 1 saturated heterocycles. The highest BCUT2D eigenvalue weighted by Gasteiger charge is 2.35. The molecular formula is C25H25F3N2O3S. The number of hydrogen-bond donors (Lipinski definition) is 0. The summed E-state index contributed by atoms with van der Waals surface area (Å²) in [6.45, 7) is 0.196. The van der Waals surface area contributed by atoms with Gasteiger partial charge in [0.15, 0.2) is 0 Å². The van der Waals surface area contributed by atoms with Gasteiger partial charge in [-0.15, -0.1) is 0 Å². The summed E-state index contributed by atoms with van der Waals surface area (Å²) >= 11 is 0. The van der Waals surface area contributed by atoms with Crippen molar-refractivity contribution in [3.05, 3.63) is 77.9 Å². The Morgan fingerprint density at radius 1 is 0.971 bits per heavy atom. The van der Waals surface area contributed by atoms with Crippen LogP contribution in [0.3, 0.4) is 0 Å². The quantitative estimate of drug-likeness (QED) is 0.510. The van der Waals surface area contributed by atoms with Gasteiger partial charge in [-0.25, -0.2) is 8.42 Å². The van der Waals surface area contributed by atoms with Crippen molar-refractivity contribution in [2.24, 2.45) is 5.92 Å². The predicted molar refractivity (Wildman–Crippen MR) is 123 cm³/mol. The number of amides is 1. The first-order valence-corrected chi connectivity index (χ1v) is 12.4. The molecule has 0 N–H and O–H groups in total. The van der Waals surface area contributed by atoms with E-state index in [0.29, 0.717) is 12.8 Å². The number of carbonyl (C=O) groups is 1. The van der Waals surface area contributed by atoms with Gasteiger partial charge in [-0.2, -0.15) is 17.5 Å². The largest absolute Gasteiger partial charge is 0.416 e. The van der Waals surface area contributed by atoms with Crippen molar-refractivity contribution in [2.75, 3.05) is 20.1 Å². The third kappa shape index (κ3) is 4.95. The van der Waals surface area contributed by atoms with E-state index in [2.05, 4.69) is 0 Å². The summed E-state index contributed by atoms with van der Waals surface area (Å²) in [6, 6.07) is 17.7. The van der Waals surface area contributed by atoms with Crippen molar-refractivity contribution >= 4 is 26.7 Å². The Kier molecular flexibility index (Phi) is 6.69. The average molecular weight is 491 g/mol. The number of halogens is 3. The van der Waals surface area contributed by atoms with Gasteiger partial charge in [0, 0.05) is 32.6 Å². The normalized spacial score (nSPS) is 16.0. The van der Waals surface area contributed by atoms with Gasteiger partial charge >= 0.3 is 6.18 Å². The lowest BCUT2D eigenvalue weighted by Gasteiger charge is -2.32. The number of benzene rings is 3. The topological polar surface area (TPSA) is 57.7 Å². The molecule has 1 aliphatic rings. The maximum Gasteiger partial charge on any atom is 0.416 e. The molecule has 0 aliphatic carbocycles. The highest BCUT2D eigenvalue weighted by Crippen LogP contribution is 2.33. The molecule has 0 bridgehead atoms. The van der Waals surface area contributed by atoms with Crippen molar-refractivity contribution in [3.63, 3.8) is 0 Å². The number of fused-ring (bicyclic) bond motifs is 1. The molecule has 3 aromatic carbocycles. The number of piperidine rings is 1. The van der Waals surface area contributed by atoms with Crippen molar-refractivity contribution < 1.29 is 26.4 Å². The SMILES string of the molecule is CN(Cc1ccccc1C(F)(F)F)C(=O)C1CCN(S(=O)(=O)c2ccc3ccccc3c2)CC1. The third-order valence-corrected chi connectivity index (χ3v) is 8.16. The number of carbonyl (C=O) groups excluding carboxylic acids is 1. The lowest BCUT2D eigenvalue weighted by atomic mass is 9.96. The Bertz CT molecular complexity index is 1300. The molecule has 34 heavy (non-hydrogen) atoms. The van der Waals surface area contributed by atoms with Crippen LogP contribution >= 0.6 is 0 Å². The molecule has 180 valence electrons. The van der Waals surface area contributed by atoms with Gasteiger partial charge in [0.05, 0.1) is 10.5 Å². The fourth-order valence-electron chi connectivity index (χ4n) is 4.40. The molecule has 1 aliphatic heterocycles. The number of hydrogen-bond acceptors (Lipinski definition) is 3. The zero-order valence-corrected chi connectivity index (χ0v) is 19.4. The van der Waals surface area contributed by atoms with E-state index < -0.39 is 27.7 Å². The van der Waals surface area contributed by atoms with Crippen LogP contribution in [0.4, 0.5) is 13.2 Å². The smallest absolute Gasteiger partial charge is 0.341 e. The fourth-order valence-corrected chi connectivity index (χ4v) is 5.91. The second-order valence-electron chi connectivity index (χ2n) is 8.54. The lowest BCUT2D eigenvalue weighted by molar-refractivity contribution is -0.140. The molecule has 0 saturated carbocycles. The summed E-state index contributed by atoms with van der Waals surface area (Å²) in [5.74, 6) is -0.717. The van der Waals surface area contributed by atoms with Crippen LogP contribution in [0.2, 0.25) is 0 Å². The number of rotatable bonds is 5. The molecular weight excluding hydrogens is 465 g/mol. The minimum Gasteiger partial charge on any atom is -0.341 e. The Balaban J connectivity index is 1.41. The molecule has 0 aromatic heterocycles. The maximum atomic E-state index is 13.3. The van der Waals surface area contributed by atoms with Gasteiger partial charge in [-0.05, 0) is 47.4 Å². The second-order valence-corrected chi connectivity index (χ2v) is 10.5. The van der Waals surface area contributed by atoms with Crippen LogP contribution < -0.4 is 0 Å².